The summed E-state index contributed by atoms with van der Waals surface area (Å²) in [6.07, 6.45) is 3.58. The minimum atomic E-state index is 0.722. The summed E-state index contributed by atoms with van der Waals surface area (Å²) in [5.41, 5.74) is 3.54. The first-order valence-electron chi connectivity index (χ1n) is 4.89. The Labute approximate surface area is 97.1 Å². The maximum atomic E-state index is 5.84. The van der Waals surface area contributed by atoms with Gasteiger partial charge in [0.05, 0.1) is 11.9 Å². The lowest BCUT2D eigenvalue weighted by Gasteiger charge is -2.00. The highest BCUT2D eigenvalue weighted by Crippen LogP contribution is 2.20. The minimum absolute atomic E-state index is 0.722. The molecule has 0 aliphatic rings. The van der Waals surface area contributed by atoms with Crippen molar-refractivity contribution in [1.29, 1.82) is 0 Å². The second-order valence-corrected chi connectivity index (χ2v) is 3.91. The van der Waals surface area contributed by atoms with Crippen molar-refractivity contribution in [1.82, 2.24) is 15.0 Å². The number of benzene rings is 1. The number of hydrogen-bond acceptors (Lipinski definition) is 2. The van der Waals surface area contributed by atoms with Crippen LogP contribution < -0.4 is 0 Å². The molecule has 0 aliphatic heterocycles. The van der Waals surface area contributed by atoms with Gasteiger partial charge in [0.2, 0.25) is 0 Å². The highest BCUT2D eigenvalue weighted by Gasteiger charge is 2.02. The first kappa shape index (κ1) is 9.36. The Bertz CT molecular complexity index is 628. The molecular weight excluding hydrogens is 222 g/mol. The van der Waals surface area contributed by atoms with Gasteiger partial charge < -0.3 is 4.98 Å². The largest absolute Gasteiger partial charge is 0.345 e. The van der Waals surface area contributed by atoms with E-state index in [0.717, 1.165) is 27.4 Å². The number of H-pyrrole nitrogens is 1. The van der Waals surface area contributed by atoms with E-state index in [1.807, 2.05) is 36.5 Å². The Balaban J connectivity index is 2.14. The van der Waals surface area contributed by atoms with Gasteiger partial charge in [-0.2, -0.15) is 0 Å². The molecule has 3 aromatic rings. The van der Waals surface area contributed by atoms with Crippen molar-refractivity contribution in [3.8, 4) is 11.3 Å². The first-order chi connectivity index (χ1) is 7.83. The predicted octanol–water partition coefficient (Wildman–Crippen LogP) is 3.28. The average molecular weight is 230 g/mol. The molecule has 4 heteroatoms. The molecule has 0 atom stereocenters. The highest BCUT2D eigenvalue weighted by atomic mass is 35.5. The highest BCUT2D eigenvalue weighted by molar-refractivity contribution is 6.30. The van der Waals surface area contributed by atoms with E-state index in [1.54, 1.807) is 6.20 Å². The summed E-state index contributed by atoms with van der Waals surface area (Å²) in [7, 11) is 0. The molecule has 0 bridgehead atoms. The number of nitrogens with one attached hydrogen (secondary N) is 1. The van der Waals surface area contributed by atoms with Gasteiger partial charge in [0.1, 0.15) is 5.52 Å². The average Bonchev–Trinajstić information content (AvgIpc) is 2.77. The molecule has 0 saturated heterocycles. The first-order valence-corrected chi connectivity index (χ1v) is 5.27. The number of hydrogen-bond donors (Lipinski definition) is 1. The van der Waals surface area contributed by atoms with Gasteiger partial charge in [-0.1, -0.05) is 23.7 Å². The Morgan fingerprint density at radius 1 is 1.06 bits per heavy atom. The third-order valence-corrected chi connectivity index (χ3v) is 2.65. The molecule has 3 rings (SSSR count). The summed E-state index contributed by atoms with van der Waals surface area (Å²) in [6, 6.07) is 9.47. The molecule has 0 saturated carbocycles. The van der Waals surface area contributed by atoms with Crippen molar-refractivity contribution in [3.05, 3.63) is 47.7 Å². The van der Waals surface area contributed by atoms with Gasteiger partial charge in [0.15, 0.2) is 5.65 Å². The van der Waals surface area contributed by atoms with Gasteiger partial charge in [-0.3, -0.25) is 0 Å². The van der Waals surface area contributed by atoms with E-state index in [-0.39, 0.29) is 0 Å². The molecule has 16 heavy (non-hydrogen) atoms. The van der Waals surface area contributed by atoms with Crippen molar-refractivity contribution in [2.24, 2.45) is 0 Å². The number of fused-ring (bicyclic) bond motifs is 1. The molecule has 0 aliphatic carbocycles. The number of nitrogens with zero attached hydrogens (tertiary/aromatic N) is 2. The lowest BCUT2D eigenvalue weighted by Crippen LogP contribution is -1.86. The van der Waals surface area contributed by atoms with Crippen LogP contribution in [0.25, 0.3) is 22.4 Å². The van der Waals surface area contributed by atoms with Crippen LogP contribution in [0.1, 0.15) is 0 Å². The van der Waals surface area contributed by atoms with E-state index in [2.05, 4.69) is 15.0 Å². The van der Waals surface area contributed by atoms with E-state index in [0.29, 0.717) is 0 Å². The molecule has 0 unspecified atom stereocenters. The third-order valence-electron chi connectivity index (χ3n) is 2.40. The molecule has 0 radical (unpaired) electrons. The Kier molecular flexibility index (Phi) is 2.11. The summed E-state index contributed by atoms with van der Waals surface area (Å²) in [6.45, 7) is 0. The van der Waals surface area contributed by atoms with Crippen LogP contribution in [0.3, 0.4) is 0 Å². The number of halogens is 1. The van der Waals surface area contributed by atoms with Gasteiger partial charge in [0, 0.05) is 16.8 Å². The van der Waals surface area contributed by atoms with Gasteiger partial charge in [0.25, 0.3) is 0 Å². The van der Waals surface area contributed by atoms with Crippen LogP contribution >= 0.6 is 11.6 Å². The van der Waals surface area contributed by atoms with E-state index in [9.17, 15) is 0 Å². The van der Waals surface area contributed by atoms with Crippen LogP contribution in [0, 0.1) is 0 Å². The summed E-state index contributed by atoms with van der Waals surface area (Å²) in [4.78, 5) is 11.8. The molecule has 0 spiro atoms. The summed E-state index contributed by atoms with van der Waals surface area (Å²) < 4.78 is 0. The normalized spacial score (nSPS) is 10.8. The van der Waals surface area contributed by atoms with Gasteiger partial charge in [-0.15, -0.1) is 0 Å². The molecule has 78 valence electrons. The number of rotatable bonds is 1. The zero-order valence-electron chi connectivity index (χ0n) is 8.31. The molecule has 1 aromatic carbocycles. The quantitative estimate of drug-likeness (QED) is 0.696. The fourth-order valence-electron chi connectivity index (χ4n) is 1.59. The van der Waals surface area contributed by atoms with Crippen LogP contribution in [0.2, 0.25) is 5.02 Å². The standard InChI is InChI=1S/C12H8ClN3/c13-9-3-1-8(2-4-9)11-7-15-12-10(16-11)5-6-14-12/h1-7H,(H,14,15). The maximum absolute atomic E-state index is 5.84. The number of aromatic nitrogens is 3. The molecule has 2 aromatic heterocycles. The van der Waals surface area contributed by atoms with Crippen LogP contribution in [-0.2, 0) is 0 Å². The van der Waals surface area contributed by atoms with Crippen molar-refractivity contribution >= 4 is 22.8 Å². The van der Waals surface area contributed by atoms with E-state index >= 15 is 0 Å². The smallest absolute Gasteiger partial charge is 0.156 e. The zero-order valence-corrected chi connectivity index (χ0v) is 9.07. The van der Waals surface area contributed by atoms with Crippen molar-refractivity contribution < 1.29 is 0 Å². The van der Waals surface area contributed by atoms with Gasteiger partial charge >= 0.3 is 0 Å². The van der Waals surface area contributed by atoms with Crippen molar-refractivity contribution in [2.75, 3.05) is 0 Å². The third kappa shape index (κ3) is 1.55. The Morgan fingerprint density at radius 3 is 2.69 bits per heavy atom. The molecule has 0 fully saturated rings. The second-order valence-electron chi connectivity index (χ2n) is 3.47. The number of aromatic amines is 1. The minimum Gasteiger partial charge on any atom is -0.345 e. The molecule has 2 heterocycles. The fourth-order valence-corrected chi connectivity index (χ4v) is 1.72. The monoisotopic (exact) mass is 229 g/mol. The van der Waals surface area contributed by atoms with E-state index in [1.165, 1.54) is 0 Å². The van der Waals surface area contributed by atoms with Crippen molar-refractivity contribution in [2.45, 2.75) is 0 Å². The zero-order chi connectivity index (χ0) is 11.0. The van der Waals surface area contributed by atoms with Crippen LogP contribution in [-0.4, -0.2) is 15.0 Å². The molecular formula is C12H8ClN3. The van der Waals surface area contributed by atoms with Crippen LogP contribution in [0.15, 0.2) is 42.7 Å². The SMILES string of the molecule is Clc1ccc(-c2cnc3[nH]ccc3n2)cc1. The Hall–Kier alpha value is -1.87. The molecule has 3 nitrogen and oxygen atoms in total. The summed E-state index contributed by atoms with van der Waals surface area (Å²) >= 11 is 5.84. The van der Waals surface area contributed by atoms with Gasteiger partial charge in [-0.25, -0.2) is 9.97 Å². The van der Waals surface area contributed by atoms with E-state index < -0.39 is 0 Å². The lowest BCUT2D eigenvalue weighted by atomic mass is 10.2. The second kappa shape index (κ2) is 3.61. The van der Waals surface area contributed by atoms with Gasteiger partial charge in [-0.05, 0) is 18.2 Å². The van der Waals surface area contributed by atoms with E-state index in [4.69, 9.17) is 11.6 Å². The molecule has 0 amide bonds. The molecule has 1 N–H and O–H groups in total. The van der Waals surface area contributed by atoms with Crippen LogP contribution in [0.5, 0.6) is 0 Å². The topological polar surface area (TPSA) is 41.6 Å². The maximum Gasteiger partial charge on any atom is 0.156 e. The van der Waals surface area contributed by atoms with Crippen molar-refractivity contribution in [3.63, 3.8) is 0 Å². The lowest BCUT2D eigenvalue weighted by molar-refractivity contribution is 1.26. The summed E-state index contributed by atoms with van der Waals surface area (Å²) in [5, 5.41) is 0.722. The Morgan fingerprint density at radius 2 is 1.88 bits per heavy atom. The summed E-state index contributed by atoms with van der Waals surface area (Å²) in [5.74, 6) is 0. The predicted molar refractivity (Wildman–Crippen MR) is 64.3 cm³/mol. The fraction of sp³-hybridized carbons (Fsp3) is 0. The van der Waals surface area contributed by atoms with Crippen LogP contribution in [0.4, 0.5) is 0 Å².